The molecular formula is C14H24N2. The van der Waals surface area contributed by atoms with E-state index in [-0.39, 0.29) is 0 Å². The zero-order valence-electron chi connectivity index (χ0n) is 10.3. The third kappa shape index (κ3) is 2.55. The molecule has 2 rings (SSSR count). The summed E-state index contributed by atoms with van der Waals surface area (Å²) in [6.07, 6.45) is 9.81. The fourth-order valence-electron chi connectivity index (χ4n) is 2.91. The Bertz CT molecular complexity index is 285. The van der Waals surface area contributed by atoms with Crippen LogP contribution in [-0.4, -0.2) is 19.6 Å². The Labute approximate surface area is 99.0 Å². The van der Waals surface area contributed by atoms with Crippen LogP contribution in [0.3, 0.4) is 0 Å². The molecule has 2 nitrogen and oxygen atoms in total. The smallest absolute Gasteiger partial charge is 0.00110 e. The molecule has 1 aliphatic heterocycles. The van der Waals surface area contributed by atoms with Crippen molar-refractivity contribution in [1.29, 1.82) is 0 Å². The van der Waals surface area contributed by atoms with Gasteiger partial charge in [0.15, 0.2) is 0 Å². The summed E-state index contributed by atoms with van der Waals surface area (Å²) in [5.74, 6) is 1.38. The second-order valence-corrected chi connectivity index (χ2v) is 4.96. The normalized spacial score (nSPS) is 27.5. The highest BCUT2D eigenvalue weighted by molar-refractivity contribution is 5.36. The van der Waals surface area contributed by atoms with E-state index in [2.05, 4.69) is 24.4 Å². The molecule has 1 saturated heterocycles. The van der Waals surface area contributed by atoms with Crippen LogP contribution in [0.2, 0.25) is 0 Å². The summed E-state index contributed by atoms with van der Waals surface area (Å²) in [4.78, 5) is 0. The van der Waals surface area contributed by atoms with Crippen LogP contribution < -0.4 is 11.1 Å². The van der Waals surface area contributed by atoms with E-state index in [0.717, 1.165) is 25.3 Å². The summed E-state index contributed by atoms with van der Waals surface area (Å²) in [6, 6.07) is 0. The molecule has 3 N–H and O–H groups in total. The van der Waals surface area contributed by atoms with Gasteiger partial charge >= 0.3 is 0 Å². The molecule has 1 fully saturated rings. The maximum absolute atomic E-state index is 5.76. The summed E-state index contributed by atoms with van der Waals surface area (Å²) in [5, 5.41) is 3.44. The van der Waals surface area contributed by atoms with Crippen LogP contribution in [0.5, 0.6) is 0 Å². The van der Waals surface area contributed by atoms with Crippen molar-refractivity contribution in [3.05, 3.63) is 23.3 Å². The fourth-order valence-corrected chi connectivity index (χ4v) is 2.91. The van der Waals surface area contributed by atoms with Crippen LogP contribution in [-0.2, 0) is 0 Å². The minimum Gasteiger partial charge on any atom is -0.330 e. The lowest BCUT2D eigenvalue weighted by molar-refractivity contribution is 0.417. The second-order valence-electron chi connectivity index (χ2n) is 4.96. The second kappa shape index (κ2) is 5.65. The lowest BCUT2D eigenvalue weighted by Gasteiger charge is -2.30. The van der Waals surface area contributed by atoms with Crippen molar-refractivity contribution in [1.82, 2.24) is 5.32 Å². The van der Waals surface area contributed by atoms with Crippen LogP contribution in [0.4, 0.5) is 0 Å². The molecule has 0 bridgehead atoms. The van der Waals surface area contributed by atoms with Gasteiger partial charge in [-0.3, -0.25) is 0 Å². The van der Waals surface area contributed by atoms with E-state index in [1.54, 1.807) is 11.1 Å². The van der Waals surface area contributed by atoms with E-state index >= 15 is 0 Å². The summed E-state index contributed by atoms with van der Waals surface area (Å²) in [5.41, 5.74) is 8.96. The lowest BCUT2D eigenvalue weighted by Crippen LogP contribution is -2.29. The molecule has 16 heavy (non-hydrogen) atoms. The van der Waals surface area contributed by atoms with Crippen LogP contribution in [0.1, 0.15) is 32.6 Å². The molecule has 2 aliphatic rings. The topological polar surface area (TPSA) is 38.0 Å². The number of hydrogen-bond donors (Lipinski definition) is 2. The highest BCUT2D eigenvalue weighted by Gasteiger charge is 2.22. The summed E-state index contributed by atoms with van der Waals surface area (Å²) in [6.45, 7) is 5.41. The number of nitrogens with one attached hydrogen (secondary N) is 1. The summed E-state index contributed by atoms with van der Waals surface area (Å²) in [7, 11) is 0. The molecule has 2 heteroatoms. The first kappa shape index (κ1) is 11.9. The quantitative estimate of drug-likeness (QED) is 0.765. The van der Waals surface area contributed by atoms with Crippen molar-refractivity contribution in [3.8, 4) is 0 Å². The zero-order chi connectivity index (χ0) is 11.4. The highest BCUT2D eigenvalue weighted by Crippen LogP contribution is 2.33. The lowest BCUT2D eigenvalue weighted by atomic mass is 9.79. The first-order valence-electron chi connectivity index (χ1n) is 6.67. The van der Waals surface area contributed by atoms with E-state index in [9.17, 15) is 0 Å². The fraction of sp³-hybridized carbons (Fsp3) is 0.714. The predicted octanol–water partition coefficient (Wildman–Crippen LogP) is 2.23. The molecule has 1 atom stereocenters. The molecule has 1 heterocycles. The van der Waals surface area contributed by atoms with Gasteiger partial charge in [-0.1, -0.05) is 19.1 Å². The molecular weight excluding hydrogens is 196 g/mol. The molecule has 0 amide bonds. The van der Waals surface area contributed by atoms with Crippen LogP contribution in [0.15, 0.2) is 23.3 Å². The Balaban J connectivity index is 2.08. The number of piperidine rings is 1. The minimum absolute atomic E-state index is 0.584. The molecule has 1 aliphatic carbocycles. The van der Waals surface area contributed by atoms with E-state index in [4.69, 9.17) is 5.73 Å². The molecule has 0 spiro atoms. The van der Waals surface area contributed by atoms with Gasteiger partial charge in [0.1, 0.15) is 0 Å². The maximum Gasteiger partial charge on any atom is -0.00110 e. The van der Waals surface area contributed by atoms with Gasteiger partial charge in [-0.25, -0.2) is 0 Å². The Kier molecular flexibility index (Phi) is 4.19. The summed E-state index contributed by atoms with van der Waals surface area (Å²) >= 11 is 0. The molecule has 1 unspecified atom stereocenters. The molecule has 0 aromatic carbocycles. The number of hydrogen-bond acceptors (Lipinski definition) is 2. The maximum atomic E-state index is 5.76. The van der Waals surface area contributed by atoms with Crippen LogP contribution >= 0.6 is 0 Å². The Morgan fingerprint density at radius 3 is 2.75 bits per heavy atom. The first-order valence-corrected chi connectivity index (χ1v) is 6.67. The van der Waals surface area contributed by atoms with Crippen molar-refractivity contribution in [3.63, 3.8) is 0 Å². The number of rotatable bonds is 3. The Morgan fingerprint density at radius 1 is 1.38 bits per heavy atom. The van der Waals surface area contributed by atoms with Crippen molar-refractivity contribution >= 4 is 0 Å². The van der Waals surface area contributed by atoms with Gasteiger partial charge in [0.05, 0.1) is 0 Å². The van der Waals surface area contributed by atoms with Gasteiger partial charge in [-0.2, -0.15) is 0 Å². The van der Waals surface area contributed by atoms with Gasteiger partial charge in [0, 0.05) is 0 Å². The van der Waals surface area contributed by atoms with E-state index in [0.29, 0.717) is 5.92 Å². The van der Waals surface area contributed by atoms with Crippen molar-refractivity contribution in [2.45, 2.75) is 32.6 Å². The van der Waals surface area contributed by atoms with E-state index in [1.807, 2.05) is 0 Å². The van der Waals surface area contributed by atoms with E-state index in [1.165, 1.54) is 25.9 Å². The Morgan fingerprint density at radius 2 is 2.12 bits per heavy atom. The van der Waals surface area contributed by atoms with Gasteiger partial charge in [-0.05, 0) is 68.3 Å². The van der Waals surface area contributed by atoms with Gasteiger partial charge < -0.3 is 11.1 Å². The highest BCUT2D eigenvalue weighted by atomic mass is 14.9. The van der Waals surface area contributed by atoms with Crippen molar-refractivity contribution in [2.24, 2.45) is 17.6 Å². The molecule has 90 valence electrons. The van der Waals surface area contributed by atoms with Crippen molar-refractivity contribution in [2.75, 3.05) is 19.6 Å². The summed E-state index contributed by atoms with van der Waals surface area (Å²) < 4.78 is 0. The molecule has 0 radical (unpaired) electrons. The average molecular weight is 220 g/mol. The third-order valence-electron chi connectivity index (χ3n) is 3.91. The van der Waals surface area contributed by atoms with Gasteiger partial charge in [0.25, 0.3) is 0 Å². The zero-order valence-corrected chi connectivity index (χ0v) is 10.3. The number of allylic oxidation sites excluding steroid dienone is 3. The van der Waals surface area contributed by atoms with Crippen LogP contribution in [0, 0.1) is 11.8 Å². The molecule has 0 saturated carbocycles. The molecule has 0 aromatic rings. The van der Waals surface area contributed by atoms with E-state index < -0.39 is 0 Å². The first-order chi connectivity index (χ1) is 7.85. The van der Waals surface area contributed by atoms with Crippen molar-refractivity contribution < 1.29 is 0 Å². The number of nitrogens with two attached hydrogens (primary N) is 1. The predicted molar refractivity (Wildman–Crippen MR) is 69.2 cm³/mol. The monoisotopic (exact) mass is 220 g/mol. The van der Waals surface area contributed by atoms with Gasteiger partial charge in [-0.15, -0.1) is 0 Å². The minimum atomic E-state index is 0.584. The molecule has 0 aromatic heterocycles. The Hall–Kier alpha value is -0.600. The van der Waals surface area contributed by atoms with Crippen LogP contribution in [0.25, 0.3) is 0 Å². The third-order valence-corrected chi connectivity index (χ3v) is 3.91. The SMILES string of the molecule is CCC1=CC(CN)CC=C1C1CCNCC1. The standard InChI is InChI=1S/C14H24N2/c1-2-12-9-11(10-15)3-4-14(12)13-5-7-16-8-6-13/h4,9,11,13,16H,2-3,5-8,10,15H2,1H3. The van der Waals surface area contributed by atoms with Gasteiger partial charge in [0.2, 0.25) is 0 Å². The average Bonchev–Trinajstić information content (AvgIpc) is 2.39. The largest absolute Gasteiger partial charge is 0.330 e.